The Hall–Kier alpha value is -0.260. The van der Waals surface area contributed by atoms with E-state index in [0.29, 0.717) is 30.4 Å². The van der Waals surface area contributed by atoms with E-state index in [2.05, 4.69) is 16.7 Å². The molecule has 4 nitrogen and oxygen atoms in total. The second-order valence-corrected chi connectivity index (χ2v) is 7.86. The minimum atomic E-state index is 0.297. The summed E-state index contributed by atoms with van der Waals surface area (Å²) in [5, 5.41) is 0. The molecule has 1 saturated carbocycles. The van der Waals surface area contributed by atoms with E-state index in [4.69, 9.17) is 4.74 Å². The summed E-state index contributed by atoms with van der Waals surface area (Å²) < 4.78 is 5.78. The number of nitrogens with zero attached hydrogens (tertiary/aromatic N) is 2. The molecule has 1 amide bonds. The fourth-order valence-corrected chi connectivity index (χ4v) is 5.29. The van der Waals surface area contributed by atoms with Gasteiger partial charge in [0.1, 0.15) is 0 Å². The first-order chi connectivity index (χ1) is 9.77. The molecule has 0 atom stereocenters. The van der Waals surface area contributed by atoms with Crippen LogP contribution in [0.5, 0.6) is 0 Å². The van der Waals surface area contributed by atoms with E-state index in [1.165, 1.54) is 37.9 Å². The highest BCUT2D eigenvalue weighted by Gasteiger charge is 2.37. The van der Waals surface area contributed by atoms with Crippen LogP contribution in [0.15, 0.2) is 0 Å². The molecule has 2 saturated heterocycles. The van der Waals surface area contributed by atoms with Crippen molar-refractivity contribution in [3.05, 3.63) is 0 Å². The Morgan fingerprint density at radius 1 is 1.10 bits per heavy atom. The van der Waals surface area contributed by atoms with Crippen LogP contribution >= 0.6 is 11.8 Å². The molecule has 3 fully saturated rings. The monoisotopic (exact) mass is 298 g/mol. The third-order valence-corrected chi connectivity index (χ3v) is 6.35. The summed E-state index contributed by atoms with van der Waals surface area (Å²) in [6.45, 7) is 5.74. The molecule has 3 rings (SSSR count). The van der Waals surface area contributed by atoms with E-state index in [0.717, 1.165) is 26.2 Å². The largest absolute Gasteiger partial charge is 0.378 e. The van der Waals surface area contributed by atoms with Gasteiger partial charge in [-0.15, -0.1) is 0 Å². The summed E-state index contributed by atoms with van der Waals surface area (Å²) in [5.41, 5.74) is 0. The molecular weight excluding hydrogens is 272 g/mol. The lowest BCUT2D eigenvalue weighted by molar-refractivity contribution is -0.136. The van der Waals surface area contributed by atoms with Crippen molar-refractivity contribution >= 4 is 17.7 Å². The smallest absolute Gasteiger partial charge is 0.236 e. The molecule has 0 aromatic carbocycles. The number of amides is 1. The SMILES string of the molecule is O=C(CN1CCSC2(CCCCC2)C1)N1CCOCC1. The van der Waals surface area contributed by atoms with Gasteiger partial charge in [-0.1, -0.05) is 19.3 Å². The minimum Gasteiger partial charge on any atom is -0.378 e. The van der Waals surface area contributed by atoms with Crippen LogP contribution in [0.4, 0.5) is 0 Å². The standard InChI is InChI=1S/C15H26N2O2S/c18-14(17-6-9-19-10-7-17)12-16-8-11-20-15(13-16)4-2-1-3-5-15/h1-13H2. The number of hydrogen-bond donors (Lipinski definition) is 0. The van der Waals surface area contributed by atoms with Crippen molar-refractivity contribution in [2.24, 2.45) is 0 Å². The van der Waals surface area contributed by atoms with Gasteiger partial charge in [-0.25, -0.2) is 0 Å². The van der Waals surface area contributed by atoms with Crippen molar-refractivity contribution in [1.29, 1.82) is 0 Å². The Kier molecular flexibility index (Phi) is 4.89. The molecule has 2 heterocycles. The Labute approximate surface area is 126 Å². The van der Waals surface area contributed by atoms with Crippen LogP contribution < -0.4 is 0 Å². The Morgan fingerprint density at radius 2 is 1.85 bits per heavy atom. The molecule has 1 spiro atoms. The maximum Gasteiger partial charge on any atom is 0.236 e. The van der Waals surface area contributed by atoms with E-state index < -0.39 is 0 Å². The molecule has 0 bridgehead atoms. The van der Waals surface area contributed by atoms with Crippen LogP contribution in [-0.4, -0.2) is 72.1 Å². The molecule has 0 radical (unpaired) electrons. The van der Waals surface area contributed by atoms with Crippen molar-refractivity contribution in [1.82, 2.24) is 9.80 Å². The maximum atomic E-state index is 12.4. The normalized spacial score (nSPS) is 27.7. The number of ether oxygens (including phenoxy) is 1. The van der Waals surface area contributed by atoms with Gasteiger partial charge in [-0.05, 0) is 12.8 Å². The lowest BCUT2D eigenvalue weighted by Gasteiger charge is -2.45. The number of rotatable bonds is 2. The van der Waals surface area contributed by atoms with Crippen molar-refractivity contribution in [2.45, 2.75) is 36.9 Å². The van der Waals surface area contributed by atoms with Gasteiger partial charge < -0.3 is 9.64 Å². The average Bonchev–Trinajstić information content (AvgIpc) is 2.49. The average molecular weight is 298 g/mol. The number of thioether (sulfide) groups is 1. The Bertz CT molecular complexity index is 333. The van der Waals surface area contributed by atoms with E-state index in [1.807, 2.05) is 4.90 Å². The van der Waals surface area contributed by atoms with E-state index >= 15 is 0 Å². The topological polar surface area (TPSA) is 32.8 Å². The van der Waals surface area contributed by atoms with Gasteiger partial charge in [0.2, 0.25) is 5.91 Å². The first-order valence-electron chi connectivity index (χ1n) is 7.99. The molecule has 0 aromatic heterocycles. The van der Waals surface area contributed by atoms with Gasteiger partial charge in [-0.3, -0.25) is 9.69 Å². The van der Waals surface area contributed by atoms with E-state index in [-0.39, 0.29) is 0 Å². The maximum absolute atomic E-state index is 12.4. The van der Waals surface area contributed by atoms with Crippen LogP contribution in [0.1, 0.15) is 32.1 Å². The second-order valence-electron chi connectivity index (χ2n) is 6.30. The highest BCUT2D eigenvalue weighted by atomic mass is 32.2. The molecular formula is C15H26N2O2S. The van der Waals surface area contributed by atoms with Crippen molar-refractivity contribution in [3.8, 4) is 0 Å². The number of hydrogen-bond acceptors (Lipinski definition) is 4. The van der Waals surface area contributed by atoms with Crippen molar-refractivity contribution < 1.29 is 9.53 Å². The summed E-state index contributed by atoms with van der Waals surface area (Å²) in [4.78, 5) is 16.7. The van der Waals surface area contributed by atoms with Crippen LogP contribution in [0, 0.1) is 0 Å². The molecule has 114 valence electrons. The van der Waals surface area contributed by atoms with Gasteiger partial charge in [0, 0.05) is 36.7 Å². The third-order valence-electron chi connectivity index (χ3n) is 4.81. The predicted octanol–water partition coefficient (Wildman–Crippen LogP) is 1.60. The molecule has 20 heavy (non-hydrogen) atoms. The zero-order valence-corrected chi connectivity index (χ0v) is 13.1. The number of morpholine rings is 1. The third kappa shape index (κ3) is 3.49. The Morgan fingerprint density at radius 3 is 2.60 bits per heavy atom. The fourth-order valence-electron chi connectivity index (χ4n) is 3.66. The number of carbonyl (C=O) groups excluding carboxylic acids is 1. The summed E-state index contributed by atoms with van der Waals surface area (Å²) in [6.07, 6.45) is 6.84. The first-order valence-corrected chi connectivity index (χ1v) is 8.98. The second kappa shape index (κ2) is 6.67. The highest BCUT2D eigenvalue weighted by Crippen LogP contribution is 2.42. The lowest BCUT2D eigenvalue weighted by atomic mass is 9.87. The van der Waals surface area contributed by atoms with Gasteiger partial charge in [0.15, 0.2) is 0 Å². The molecule has 0 aromatic rings. The van der Waals surface area contributed by atoms with E-state index in [9.17, 15) is 4.79 Å². The summed E-state index contributed by atoms with van der Waals surface area (Å²) in [5.74, 6) is 1.49. The van der Waals surface area contributed by atoms with Crippen LogP contribution in [-0.2, 0) is 9.53 Å². The minimum absolute atomic E-state index is 0.297. The Balaban J connectivity index is 1.52. The predicted molar refractivity (Wildman–Crippen MR) is 82.1 cm³/mol. The fraction of sp³-hybridized carbons (Fsp3) is 0.933. The summed E-state index contributed by atoms with van der Waals surface area (Å²) in [7, 11) is 0. The summed E-state index contributed by atoms with van der Waals surface area (Å²) >= 11 is 2.17. The van der Waals surface area contributed by atoms with E-state index in [1.54, 1.807) is 0 Å². The lowest BCUT2D eigenvalue weighted by Crippen LogP contribution is -2.52. The van der Waals surface area contributed by atoms with Crippen molar-refractivity contribution in [2.75, 3.05) is 51.7 Å². The number of carbonyl (C=O) groups is 1. The van der Waals surface area contributed by atoms with Crippen LogP contribution in [0.3, 0.4) is 0 Å². The molecule has 0 N–H and O–H groups in total. The van der Waals surface area contributed by atoms with Gasteiger partial charge in [0.05, 0.1) is 19.8 Å². The molecule has 3 aliphatic rings. The summed E-state index contributed by atoms with van der Waals surface area (Å²) in [6, 6.07) is 0. The quantitative estimate of drug-likeness (QED) is 0.775. The zero-order valence-electron chi connectivity index (χ0n) is 12.3. The van der Waals surface area contributed by atoms with Crippen LogP contribution in [0.2, 0.25) is 0 Å². The van der Waals surface area contributed by atoms with Gasteiger partial charge in [0.25, 0.3) is 0 Å². The van der Waals surface area contributed by atoms with Crippen LogP contribution in [0.25, 0.3) is 0 Å². The van der Waals surface area contributed by atoms with Gasteiger partial charge >= 0.3 is 0 Å². The highest BCUT2D eigenvalue weighted by molar-refractivity contribution is 8.00. The molecule has 5 heteroatoms. The molecule has 0 unspecified atom stereocenters. The first kappa shape index (κ1) is 14.7. The van der Waals surface area contributed by atoms with Crippen molar-refractivity contribution in [3.63, 3.8) is 0 Å². The van der Waals surface area contributed by atoms with Gasteiger partial charge in [-0.2, -0.15) is 11.8 Å². The molecule has 1 aliphatic carbocycles. The zero-order chi connectivity index (χ0) is 13.8. The molecule has 2 aliphatic heterocycles.